The molecule has 1 aromatic heterocycles. The number of nitrogens with zero attached hydrogens (tertiary/aromatic N) is 1. The Morgan fingerprint density at radius 1 is 1.12 bits per heavy atom. The van der Waals surface area contributed by atoms with E-state index in [0.717, 1.165) is 24.2 Å². The lowest BCUT2D eigenvalue weighted by Gasteiger charge is -2.09. The van der Waals surface area contributed by atoms with Crippen molar-refractivity contribution in [2.75, 3.05) is 13.7 Å². The number of amides is 1. The van der Waals surface area contributed by atoms with Gasteiger partial charge in [0.2, 0.25) is 0 Å². The van der Waals surface area contributed by atoms with Crippen molar-refractivity contribution in [1.82, 2.24) is 15.5 Å². The Balaban J connectivity index is 1.64. The molecular formula is C19H19N3O3. The molecule has 2 N–H and O–H groups in total. The van der Waals surface area contributed by atoms with E-state index in [4.69, 9.17) is 4.74 Å². The second kappa shape index (κ2) is 7.61. The van der Waals surface area contributed by atoms with Crippen molar-refractivity contribution < 1.29 is 9.53 Å². The van der Waals surface area contributed by atoms with Crippen LogP contribution in [0.5, 0.6) is 5.75 Å². The summed E-state index contributed by atoms with van der Waals surface area (Å²) in [4.78, 5) is 24.2. The third kappa shape index (κ3) is 3.68. The summed E-state index contributed by atoms with van der Waals surface area (Å²) in [6.07, 6.45) is 1.57. The predicted octanol–water partition coefficient (Wildman–Crippen LogP) is 2.29. The summed E-state index contributed by atoms with van der Waals surface area (Å²) in [6.45, 7) is 0.506. The highest BCUT2D eigenvalue weighted by Gasteiger charge is 2.13. The molecule has 0 spiro atoms. The minimum absolute atomic E-state index is 0.229. The molecule has 0 bridgehead atoms. The molecule has 0 saturated heterocycles. The molecule has 3 rings (SSSR count). The molecule has 0 radical (unpaired) electrons. The molecule has 6 nitrogen and oxygen atoms in total. The van der Waals surface area contributed by atoms with Crippen molar-refractivity contribution in [1.29, 1.82) is 0 Å². The fourth-order valence-electron chi connectivity index (χ4n) is 2.76. The van der Waals surface area contributed by atoms with Gasteiger partial charge in [0.05, 0.1) is 12.5 Å². The van der Waals surface area contributed by atoms with Gasteiger partial charge in [-0.3, -0.25) is 9.59 Å². The second-order valence-corrected chi connectivity index (χ2v) is 5.62. The van der Waals surface area contributed by atoms with Crippen molar-refractivity contribution in [2.45, 2.75) is 12.8 Å². The minimum atomic E-state index is -0.302. The molecule has 0 aliphatic carbocycles. The fraction of sp³-hybridized carbons (Fsp3) is 0.211. The van der Waals surface area contributed by atoms with E-state index < -0.39 is 0 Å². The van der Waals surface area contributed by atoms with Gasteiger partial charge in [0.15, 0.2) is 5.69 Å². The second-order valence-electron chi connectivity index (χ2n) is 5.62. The van der Waals surface area contributed by atoms with Gasteiger partial charge in [0.25, 0.3) is 11.5 Å². The number of carbonyl (C=O) groups is 1. The smallest absolute Gasteiger partial charge is 0.272 e. The number of ether oxygens (including phenoxy) is 1. The summed E-state index contributed by atoms with van der Waals surface area (Å²) in [6, 6.07) is 14.8. The maximum Gasteiger partial charge on any atom is 0.272 e. The van der Waals surface area contributed by atoms with E-state index in [9.17, 15) is 9.59 Å². The van der Waals surface area contributed by atoms with Gasteiger partial charge in [-0.25, -0.2) is 5.10 Å². The van der Waals surface area contributed by atoms with Gasteiger partial charge in [-0.05, 0) is 30.5 Å². The molecule has 3 aromatic rings. The highest BCUT2D eigenvalue weighted by Crippen LogP contribution is 2.18. The van der Waals surface area contributed by atoms with E-state index in [1.54, 1.807) is 31.4 Å². The molecule has 0 aliphatic rings. The number of hydrogen-bond donors (Lipinski definition) is 2. The van der Waals surface area contributed by atoms with Crippen LogP contribution in [0.1, 0.15) is 22.5 Å². The number of aromatic nitrogens is 2. The van der Waals surface area contributed by atoms with Gasteiger partial charge in [-0.2, -0.15) is 5.10 Å². The van der Waals surface area contributed by atoms with Crippen LogP contribution in [0.2, 0.25) is 0 Å². The van der Waals surface area contributed by atoms with E-state index in [1.807, 2.05) is 24.3 Å². The molecule has 25 heavy (non-hydrogen) atoms. The molecule has 1 heterocycles. The highest BCUT2D eigenvalue weighted by atomic mass is 16.5. The van der Waals surface area contributed by atoms with E-state index >= 15 is 0 Å². The third-order valence-electron chi connectivity index (χ3n) is 4.01. The van der Waals surface area contributed by atoms with Crippen LogP contribution in [0, 0.1) is 0 Å². The Bertz CT molecular complexity index is 950. The van der Waals surface area contributed by atoms with Crippen LogP contribution in [0.4, 0.5) is 0 Å². The number of methoxy groups -OCH3 is 1. The van der Waals surface area contributed by atoms with Crippen LogP contribution in [0.3, 0.4) is 0 Å². The summed E-state index contributed by atoms with van der Waals surface area (Å²) in [5.41, 5.74) is 1.03. The van der Waals surface area contributed by atoms with E-state index in [2.05, 4.69) is 15.5 Å². The summed E-state index contributed by atoms with van der Waals surface area (Å²) in [5, 5.41) is 10.1. The first-order valence-electron chi connectivity index (χ1n) is 8.08. The first-order chi connectivity index (χ1) is 12.2. The molecular weight excluding hydrogens is 318 g/mol. The minimum Gasteiger partial charge on any atom is -0.496 e. The lowest BCUT2D eigenvalue weighted by atomic mass is 10.1. The number of carbonyl (C=O) groups excluding carboxylic acids is 1. The monoisotopic (exact) mass is 337 g/mol. The molecule has 0 aliphatic heterocycles. The number of hydrogen-bond acceptors (Lipinski definition) is 4. The molecule has 128 valence electrons. The van der Waals surface area contributed by atoms with Gasteiger partial charge in [0.1, 0.15) is 5.75 Å². The van der Waals surface area contributed by atoms with E-state index in [0.29, 0.717) is 17.3 Å². The summed E-state index contributed by atoms with van der Waals surface area (Å²) < 4.78 is 5.32. The first kappa shape index (κ1) is 16.7. The first-order valence-corrected chi connectivity index (χ1v) is 8.08. The highest BCUT2D eigenvalue weighted by molar-refractivity contribution is 6.04. The van der Waals surface area contributed by atoms with Gasteiger partial charge < -0.3 is 10.1 Å². The van der Waals surface area contributed by atoms with Gasteiger partial charge in [-0.15, -0.1) is 0 Å². The van der Waals surface area contributed by atoms with Gasteiger partial charge in [0, 0.05) is 11.9 Å². The van der Waals surface area contributed by atoms with Gasteiger partial charge >= 0.3 is 0 Å². The molecule has 0 unspecified atom stereocenters. The third-order valence-corrected chi connectivity index (χ3v) is 4.01. The predicted molar refractivity (Wildman–Crippen MR) is 96.0 cm³/mol. The average Bonchev–Trinajstić information content (AvgIpc) is 2.66. The summed E-state index contributed by atoms with van der Waals surface area (Å²) in [7, 11) is 1.65. The number of fused-ring (bicyclic) bond motifs is 1. The molecule has 1 amide bonds. The largest absolute Gasteiger partial charge is 0.496 e. The Morgan fingerprint density at radius 2 is 1.84 bits per heavy atom. The standard InChI is InChI=1S/C19H19N3O3/c1-25-16-11-5-2-7-13(16)8-6-12-20-19(24)17-14-9-3-4-10-15(14)18(23)22-21-17/h2-5,7,9-11H,6,8,12H2,1H3,(H,20,24)(H,22,23). The van der Waals surface area contributed by atoms with Crippen LogP contribution < -0.4 is 15.6 Å². The Morgan fingerprint density at radius 3 is 2.64 bits per heavy atom. The molecule has 2 aromatic carbocycles. The normalized spacial score (nSPS) is 10.6. The van der Waals surface area contributed by atoms with Crippen LogP contribution in [-0.4, -0.2) is 29.8 Å². The Kier molecular flexibility index (Phi) is 5.09. The van der Waals surface area contributed by atoms with Crippen molar-refractivity contribution in [3.8, 4) is 5.75 Å². The lowest BCUT2D eigenvalue weighted by molar-refractivity contribution is 0.0949. The maximum absolute atomic E-state index is 12.4. The summed E-state index contributed by atoms with van der Waals surface area (Å²) in [5.74, 6) is 0.551. The number of nitrogens with one attached hydrogen (secondary N) is 2. The average molecular weight is 337 g/mol. The Hall–Kier alpha value is -3.15. The Labute approximate surface area is 144 Å². The topological polar surface area (TPSA) is 84.1 Å². The zero-order chi connectivity index (χ0) is 17.6. The van der Waals surface area contributed by atoms with Crippen LogP contribution in [0.15, 0.2) is 53.3 Å². The zero-order valence-corrected chi connectivity index (χ0v) is 13.9. The molecule has 6 heteroatoms. The van der Waals surface area contributed by atoms with Crippen LogP contribution >= 0.6 is 0 Å². The lowest BCUT2D eigenvalue weighted by Crippen LogP contribution is -2.27. The van der Waals surface area contributed by atoms with Crippen molar-refractivity contribution in [3.05, 3.63) is 70.1 Å². The van der Waals surface area contributed by atoms with Crippen LogP contribution in [0.25, 0.3) is 10.8 Å². The van der Waals surface area contributed by atoms with Crippen molar-refractivity contribution >= 4 is 16.7 Å². The number of benzene rings is 2. The maximum atomic E-state index is 12.4. The van der Waals surface area contributed by atoms with E-state index in [-0.39, 0.29) is 17.2 Å². The van der Waals surface area contributed by atoms with Gasteiger partial charge in [-0.1, -0.05) is 36.4 Å². The fourth-order valence-corrected chi connectivity index (χ4v) is 2.76. The SMILES string of the molecule is COc1ccccc1CCCNC(=O)c1n[nH]c(=O)c2ccccc12. The number of para-hydroxylation sites is 1. The summed E-state index contributed by atoms with van der Waals surface area (Å²) >= 11 is 0. The van der Waals surface area contributed by atoms with Crippen LogP contribution in [-0.2, 0) is 6.42 Å². The van der Waals surface area contributed by atoms with Crippen molar-refractivity contribution in [2.24, 2.45) is 0 Å². The van der Waals surface area contributed by atoms with Crippen molar-refractivity contribution in [3.63, 3.8) is 0 Å². The number of H-pyrrole nitrogens is 1. The quantitative estimate of drug-likeness (QED) is 0.676. The molecule has 0 saturated carbocycles. The number of rotatable bonds is 6. The van der Waals surface area contributed by atoms with E-state index in [1.165, 1.54) is 0 Å². The molecule has 0 atom stereocenters. The number of aryl methyl sites for hydroxylation is 1. The number of aromatic amines is 1. The zero-order valence-electron chi connectivity index (χ0n) is 13.9. The molecule has 0 fully saturated rings.